The molecule has 0 atom stereocenters. The number of hydrogen-bond donors (Lipinski definition) is 1. The lowest BCUT2D eigenvalue weighted by Gasteiger charge is -2.36. The fourth-order valence-corrected chi connectivity index (χ4v) is 3.47. The second-order valence-corrected chi connectivity index (χ2v) is 7.07. The summed E-state index contributed by atoms with van der Waals surface area (Å²) in [4.78, 5) is 16.6. The zero-order valence-corrected chi connectivity index (χ0v) is 17.1. The minimum atomic E-state index is -0.0948. The molecule has 28 heavy (non-hydrogen) atoms. The van der Waals surface area contributed by atoms with Gasteiger partial charge in [-0.3, -0.25) is 0 Å². The molecule has 0 aliphatic carbocycles. The first-order valence-corrected chi connectivity index (χ1v) is 9.61. The molecular formula is C22H29N3O3. The van der Waals surface area contributed by atoms with Crippen LogP contribution in [0.4, 0.5) is 10.5 Å². The molecule has 0 unspecified atom stereocenters. The molecule has 0 radical (unpaired) electrons. The largest absolute Gasteiger partial charge is 0.495 e. The Morgan fingerprint density at radius 1 is 1.00 bits per heavy atom. The van der Waals surface area contributed by atoms with E-state index in [1.165, 1.54) is 5.56 Å². The number of nitrogens with zero attached hydrogens (tertiary/aromatic N) is 2. The van der Waals surface area contributed by atoms with Crippen LogP contribution in [0, 0.1) is 20.8 Å². The minimum absolute atomic E-state index is 0.0948. The van der Waals surface area contributed by atoms with Crippen LogP contribution in [0.25, 0.3) is 0 Å². The van der Waals surface area contributed by atoms with E-state index >= 15 is 0 Å². The summed E-state index contributed by atoms with van der Waals surface area (Å²) < 4.78 is 11.3. The van der Waals surface area contributed by atoms with Crippen LogP contribution in [0.5, 0.6) is 11.5 Å². The van der Waals surface area contributed by atoms with Crippen molar-refractivity contribution in [2.75, 3.05) is 44.9 Å². The van der Waals surface area contributed by atoms with Crippen molar-refractivity contribution < 1.29 is 14.3 Å². The van der Waals surface area contributed by atoms with Crippen LogP contribution >= 0.6 is 0 Å². The number of amides is 2. The Morgan fingerprint density at radius 2 is 1.68 bits per heavy atom. The molecule has 3 rings (SSSR count). The van der Waals surface area contributed by atoms with E-state index in [2.05, 4.69) is 29.3 Å². The molecule has 0 spiro atoms. The fourth-order valence-electron chi connectivity index (χ4n) is 3.47. The number of piperazine rings is 1. The lowest BCUT2D eigenvalue weighted by Crippen LogP contribution is -2.52. The van der Waals surface area contributed by atoms with Gasteiger partial charge in [-0.15, -0.1) is 0 Å². The first-order chi connectivity index (χ1) is 13.5. The standard InChI is InChI=1S/C22H29N3O3/c1-16-9-10-17(2)21(18(16)3)28-15-23-22(26)25-13-11-24(12-14-25)19-7-5-6-8-20(19)27-4/h5-10H,11-15H2,1-4H3,(H,23,26). The molecule has 1 N–H and O–H groups in total. The second kappa shape index (κ2) is 8.87. The highest BCUT2D eigenvalue weighted by Crippen LogP contribution is 2.28. The lowest BCUT2D eigenvalue weighted by molar-refractivity contribution is 0.181. The van der Waals surface area contributed by atoms with Crippen LogP contribution in [0.2, 0.25) is 0 Å². The van der Waals surface area contributed by atoms with Gasteiger partial charge in [0, 0.05) is 26.2 Å². The number of hydrogen-bond acceptors (Lipinski definition) is 4. The smallest absolute Gasteiger partial charge is 0.320 e. The highest BCUT2D eigenvalue weighted by molar-refractivity contribution is 5.74. The minimum Gasteiger partial charge on any atom is -0.495 e. The van der Waals surface area contributed by atoms with Crippen LogP contribution in [0.3, 0.4) is 0 Å². The third-order valence-corrected chi connectivity index (χ3v) is 5.31. The molecule has 150 valence electrons. The summed E-state index contributed by atoms with van der Waals surface area (Å²) in [7, 11) is 1.68. The molecule has 2 amide bonds. The van der Waals surface area contributed by atoms with E-state index in [0.29, 0.717) is 13.1 Å². The normalized spacial score (nSPS) is 14.0. The molecule has 1 aliphatic rings. The van der Waals surface area contributed by atoms with Gasteiger partial charge in [0.2, 0.25) is 0 Å². The molecule has 6 nitrogen and oxygen atoms in total. The quantitative estimate of drug-likeness (QED) is 0.803. The molecule has 1 saturated heterocycles. The maximum absolute atomic E-state index is 12.5. The average molecular weight is 383 g/mol. The Hall–Kier alpha value is -2.89. The van der Waals surface area contributed by atoms with Crippen LogP contribution < -0.4 is 19.7 Å². The molecule has 0 saturated carbocycles. The van der Waals surface area contributed by atoms with Gasteiger partial charge in [-0.05, 0) is 49.6 Å². The molecule has 0 bridgehead atoms. The summed E-state index contributed by atoms with van der Waals surface area (Å²) >= 11 is 0. The van der Waals surface area contributed by atoms with Gasteiger partial charge < -0.3 is 24.6 Å². The van der Waals surface area contributed by atoms with Crippen molar-refractivity contribution in [3.05, 3.63) is 53.1 Å². The molecule has 2 aromatic rings. The zero-order chi connectivity index (χ0) is 20.1. The van der Waals surface area contributed by atoms with Crippen molar-refractivity contribution in [3.8, 4) is 11.5 Å². The molecular weight excluding hydrogens is 354 g/mol. The van der Waals surface area contributed by atoms with Crippen molar-refractivity contribution in [3.63, 3.8) is 0 Å². The number of ether oxygens (including phenoxy) is 2. The number of aryl methyl sites for hydroxylation is 2. The number of carbonyl (C=O) groups excluding carboxylic acids is 1. The Bertz CT molecular complexity index is 830. The van der Waals surface area contributed by atoms with Crippen molar-refractivity contribution in [2.45, 2.75) is 20.8 Å². The van der Waals surface area contributed by atoms with Crippen LogP contribution in [0.15, 0.2) is 36.4 Å². The Morgan fingerprint density at radius 3 is 2.39 bits per heavy atom. The van der Waals surface area contributed by atoms with Gasteiger partial charge in [-0.2, -0.15) is 0 Å². The van der Waals surface area contributed by atoms with E-state index in [1.54, 1.807) is 7.11 Å². The molecule has 1 aliphatic heterocycles. The van der Waals surface area contributed by atoms with Gasteiger partial charge in [-0.1, -0.05) is 24.3 Å². The summed E-state index contributed by atoms with van der Waals surface area (Å²) in [6.45, 7) is 9.13. The SMILES string of the molecule is COc1ccccc1N1CCN(C(=O)NCOc2c(C)ccc(C)c2C)CC1. The second-order valence-electron chi connectivity index (χ2n) is 7.07. The van der Waals surface area contributed by atoms with E-state index in [9.17, 15) is 4.79 Å². The number of rotatable bonds is 5. The number of nitrogens with one attached hydrogen (secondary N) is 1. The van der Waals surface area contributed by atoms with Gasteiger partial charge in [0.05, 0.1) is 12.8 Å². The Kier molecular flexibility index (Phi) is 6.29. The van der Waals surface area contributed by atoms with Gasteiger partial charge in [0.25, 0.3) is 0 Å². The lowest BCUT2D eigenvalue weighted by atomic mass is 10.1. The van der Waals surface area contributed by atoms with Crippen LogP contribution in [0.1, 0.15) is 16.7 Å². The number of carbonyl (C=O) groups is 1. The molecule has 0 aromatic heterocycles. The van der Waals surface area contributed by atoms with E-state index in [4.69, 9.17) is 9.47 Å². The van der Waals surface area contributed by atoms with Gasteiger partial charge in [-0.25, -0.2) is 4.79 Å². The third kappa shape index (κ3) is 4.32. The van der Waals surface area contributed by atoms with E-state index in [-0.39, 0.29) is 12.8 Å². The van der Waals surface area contributed by atoms with E-state index < -0.39 is 0 Å². The van der Waals surface area contributed by atoms with Gasteiger partial charge >= 0.3 is 6.03 Å². The third-order valence-electron chi connectivity index (χ3n) is 5.31. The zero-order valence-electron chi connectivity index (χ0n) is 17.1. The molecule has 1 fully saturated rings. The van der Waals surface area contributed by atoms with Crippen molar-refractivity contribution >= 4 is 11.7 Å². The number of benzene rings is 2. The first kappa shape index (κ1) is 19.9. The summed E-state index contributed by atoms with van der Waals surface area (Å²) in [6, 6.07) is 12.0. The van der Waals surface area contributed by atoms with Crippen LogP contribution in [-0.4, -0.2) is 51.0 Å². The van der Waals surface area contributed by atoms with Crippen molar-refractivity contribution in [1.82, 2.24) is 10.2 Å². The summed E-state index contributed by atoms with van der Waals surface area (Å²) in [5.41, 5.74) is 4.43. The number of anilines is 1. The van der Waals surface area contributed by atoms with Crippen molar-refractivity contribution in [1.29, 1.82) is 0 Å². The van der Waals surface area contributed by atoms with Crippen molar-refractivity contribution in [2.24, 2.45) is 0 Å². The summed E-state index contributed by atoms with van der Waals surface area (Å²) in [5.74, 6) is 1.71. The maximum atomic E-state index is 12.5. The summed E-state index contributed by atoms with van der Waals surface area (Å²) in [6.07, 6.45) is 0. The predicted octanol–water partition coefficient (Wildman–Crippen LogP) is 3.49. The topological polar surface area (TPSA) is 54.0 Å². The average Bonchev–Trinajstić information content (AvgIpc) is 2.73. The maximum Gasteiger partial charge on any atom is 0.320 e. The van der Waals surface area contributed by atoms with E-state index in [1.807, 2.05) is 43.0 Å². The molecule has 6 heteroatoms. The fraction of sp³-hybridized carbons (Fsp3) is 0.409. The first-order valence-electron chi connectivity index (χ1n) is 9.61. The number of para-hydroxylation sites is 2. The number of urea groups is 1. The highest BCUT2D eigenvalue weighted by Gasteiger charge is 2.22. The van der Waals surface area contributed by atoms with Crippen LogP contribution in [-0.2, 0) is 0 Å². The van der Waals surface area contributed by atoms with Gasteiger partial charge in [0.1, 0.15) is 11.5 Å². The summed E-state index contributed by atoms with van der Waals surface area (Å²) in [5, 5.41) is 2.87. The molecule has 2 aromatic carbocycles. The van der Waals surface area contributed by atoms with E-state index in [0.717, 1.165) is 41.4 Å². The Balaban J connectivity index is 1.50. The monoisotopic (exact) mass is 383 g/mol. The highest BCUT2D eigenvalue weighted by atomic mass is 16.5. The molecule has 1 heterocycles. The Labute approximate surface area is 167 Å². The predicted molar refractivity (Wildman–Crippen MR) is 111 cm³/mol. The number of methoxy groups -OCH3 is 1. The van der Waals surface area contributed by atoms with Gasteiger partial charge in [0.15, 0.2) is 6.73 Å².